The van der Waals surface area contributed by atoms with Gasteiger partial charge in [0.1, 0.15) is 5.75 Å². The molecule has 1 heterocycles. The van der Waals surface area contributed by atoms with Gasteiger partial charge < -0.3 is 14.6 Å². The van der Waals surface area contributed by atoms with Gasteiger partial charge in [0, 0.05) is 17.3 Å². The first-order valence-electron chi connectivity index (χ1n) is 8.56. The molecular weight excluding hydrogens is 373 g/mol. The third-order valence-corrected chi connectivity index (χ3v) is 4.59. The van der Waals surface area contributed by atoms with Crippen LogP contribution in [0.4, 0.5) is 18.9 Å². The van der Waals surface area contributed by atoms with Gasteiger partial charge in [0.2, 0.25) is 5.91 Å². The number of carbonyl (C=O) groups excluding carboxylic acids is 1. The Hall–Kier alpha value is -3.29. The van der Waals surface area contributed by atoms with Crippen molar-refractivity contribution in [2.75, 3.05) is 5.32 Å². The van der Waals surface area contributed by atoms with Crippen LogP contribution >= 0.6 is 0 Å². The molecule has 4 rings (SSSR count). The Morgan fingerprint density at radius 1 is 1.07 bits per heavy atom. The van der Waals surface area contributed by atoms with Gasteiger partial charge in [0.25, 0.3) is 0 Å². The van der Waals surface area contributed by atoms with E-state index in [1.807, 2.05) is 30.3 Å². The minimum absolute atomic E-state index is 0.273. The van der Waals surface area contributed by atoms with Crippen molar-refractivity contribution in [3.8, 4) is 17.1 Å². The Balaban J connectivity index is 1.47. The van der Waals surface area contributed by atoms with E-state index in [0.29, 0.717) is 30.0 Å². The second-order valence-corrected chi connectivity index (χ2v) is 6.55. The number of halogens is 3. The van der Waals surface area contributed by atoms with E-state index in [1.54, 1.807) is 6.07 Å². The monoisotopic (exact) mass is 388 g/mol. The number of alkyl halides is 3. The van der Waals surface area contributed by atoms with Crippen LogP contribution in [0.1, 0.15) is 18.5 Å². The lowest BCUT2D eigenvalue weighted by Gasteiger charge is -2.13. The van der Waals surface area contributed by atoms with Crippen LogP contribution in [-0.4, -0.2) is 17.4 Å². The lowest BCUT2D eigenvalue weighted by atomic mass is 10.00. The van der Waals surface area contributed by atoms with Crippen LogP contribution in [0.2, 0.25) is 0 Å². The zero-order valence-electron chi connectivity index (χ0n) is 14.5. The van der Waals surface area contributed by atoms with Crippen LogP contribution < -0.4 is 10.1 Å². The Kier molecular flexibility index (Phi) is 4.33. The van der Waals surface area contributed by atoms with Crippen molar-refractivity contribution >= 4 is 11.6 Å². The van der Waals surface area contributed by atoms with Gasteiger partial charge in [-0.3, -0.25) is 4.79 Å². The Labute approximate surface area is 158 Å². The number of carbonyl (C=O) groups is 1. The third kappa shape index (κ3) is 3.71. The smallest absolute Gasteiger partial charge is 0.406 e. The van der Waals surface area contributed by atoms with Crippen LogP contribution in [0.3, 0.4) is 0 Å². The number of amides is 1. The van der Waals surface area contributed by atoms with E-state index < -0.39 is 11.8 Å². The first kappa shape index (κ1) is 18.1. The molecule has 0 aliphatic heterocycles. The molecule has 1 fully saturated rings. The van der Waals surface area contributed by atoms with Crippen molar-refractivity contribution in [2.45, 2.75) is 24.6 Å². The SMILES string of the molecule is O=C(Nc1ccc(OC(F)(F)F)cc1)C1(c2cc(-c3ccccc3)on2)CC1. The summed E-state index contributed by atoms with van der Waals surface area (Å²) in [5.74, 6) is -0.0520. The molecule has 0 saturated heterocycles. The van der Waals surface area contributed by atoms with Crippen LogP contribution in [0.15, 0.2) is 65.2 Å². The number of nitrogens with zero attached hydrogens (tertiary/aromatic N) is 1. The Morgan fingerprint density at radius 3 is 2.36 bits per heavy atom. The highest BCUT2D eigenvalue weighted by Gasteiger charge is 2.53. The molecule has 2 aromatic carbocycles. The molecule has 0 spiro atoms. The predicted octanol–water partition coefficient (Wildman–Crippen LogP) is 4.91. The van der Waals surface area contributed by atoms with E-state index in [-0.39, 0.29) is 11.7 Å². The lowest BCUT2D eigenvalue weighted by Crippen LogP contribution is -2.28. The maximum atomic E-state index is 12.8. The summed E-state index contributed by atoms with van der Waals surface area (Å²) in [5, 5.41) is 6.79. The van der Waals surface area contributed by atoms with Crippen LogP contribution in [0, 0.1) is 0 Å². The molecule has 0 bridgehead atoms. The number of hydrogen-bond acceptors (Lipinski definition) is 4. The minimum atomic E-state index is -4.76. The molecule has 1 N–H and O–H groups in total. The van der Waals surface area contributed by atoms with E-state index in [1.165, 1.54) is 12.1 Å². The van der Waals surface area contributed by atoms with Crippen molar-refractivity contribution in [3.05, 3.63) is 66.4 Å². The average molecular weight is 388 g/mol. The molecule has 1 aromatic heterocycles. The van der Waals surface area contributed by atoms with Crippen molar-refractivity contribution in [3.63, 3.8) is 0 Å². The Morgan fingerprint density at radius 2 is 1.75 bits per heavy atom. The van der Waals surface area contributed by atoms with Crippen molar-refractivity contribution in [2.24, 2.45) is 0 Å². The van der Waals surface area contributed by atoms with Gasteiger partial charge in [-0.15, -0.1) is 13.2 Å². The summed E-state index contributed by atoms with van der Waals surface area (Å²) in [5.41, 5.74) is 0.994. The highest BCUT2D eigenvalue weighted by Crippen LogP contribution is 2.49. The minimum Gasteiger partial charge on any atom is -0.406 e. The summed E-state index contributed by atoms with van der Waals surface area (Å²) in [4.78, 5) is 12.8. The number of ether oxygens (including phenoxy) is 1. The highest BCUT2D eigenvalue weighted by molar-refractivity contribution is 6.01. The molecule has 1 amide bonds. The number of rotatable bonds is 5. The van der Waals surface area contributed by atoms with Gasteiger partial charge in [-0.25, -0.2) is 0 Å². The van der Waals surface area contributed by atoms with E-state index in [2.05, 4.69) is 15.2 Å². The van der Waals surface area contributed by atoms with E-state index in [9.17, 15) is 18.0 Å². The largest absolute Gasteiger partial charge is 0.573 e. The van der Waals surface area contributed by atoms with Crippen molar-refractivity contribution in [1.82, 2.24) is 5.16 Å². The first-order chi connectivity index (χ1) is 13.4. The lowest BCUT2D eigenvalue weighted by molar-refractivity contribution is -0.274. The molecule has 28 heavy (non-hydrogen) atoms. The summed E-state index contributed by atoms with van der Waals surface area (Å²) < 4.78 is 45.9. The van der Waals surface area contributed by atoms with E-state index in [4.69, 9.17) is 4.52 Å². The number of benzene rings is 2. The molecular formula is C20H15F3N2O3. The van der Waals surface area contributed by atoms with E-state index in [0.717, 1.165) is 17.7 Å². The van der Waals surface area contributed by atoms with Crippen LogP contribution in [0.25, 0.3) is 11.3 Å². The number of anilines is 1. The zero-order valence-corrected chi connectivity index (χ0v) is 14.5. The van der Waals surface area contributed by atoms with Gasteiger partial charge in [-0.05, 0) is 37.1 Å². The number of aromatic nitrogens is 1. The molecule has 1 aliphatic carbocycles. The second kappa shape index (κ2) is 6.70. The fourth-order valence-electron chi connectivity index (χ4n) is 2.95. The maximum absolute atomic E-state index is 12.8. The molecule has 1 saturated carbocycles. The van der Waals surface area contributed by atoms with E-state index >= 15 is 0 Å². The van der Waals surface area contributed by atoms with Crippen LogP contribution in [0.5, 0.6) is 5.75 Å². The third-order valence-electron chi connectivity index (χ3n) is 4.59. The van der Waals surface area contributed by atoms with Crippen molar-refractivity contribution in [1.29, 1.82) is 0 Å². The van der Waals surface area contributed by atoms with Gasteiger partial charge in [0.15, 0.2) is 5.76 Å². The van der Waals surface area contributed by atoms with Gasteiger partial charge in [0.05, 0.1) is 11.1 Å². The molecule has 144 valence electrons. The number of nitrogens with one attached hydrogen (secondary N) is 1. The topological polar surface area (TPSA) is 64.4 Å². The standard InChI is InChI=1S/C20H15F3N2O3/c21-20(22,23)27-15-8-6-14(7-9-15)24-18(26)19(10-11-19)17-12-16(28-25-17)13-4-2-1-3-5-13/h1-9,12H,10-11H2,(H,24,26). The average Bonchev–Trinajstić information content (AvgIpc) is 3.33. The second-order valence-electron chi connectivity index (χ2n) is 6.55. The normalized spacial score (nSPS) is 15.1. The summed E-state index contributed by atoms with van der Waals surface area (Å²) in [7, 11) is 0. The summed E-state index contributed by atoms with van der Waals surface area (Å²) in [6, 6.07) is 16.2. The molecule has 0 atom stereocenters. The zero-order chi connectivity index (χ0) is 19.8. The molecule has 8 heteroatoms. The fraction of sp³-hybridized carbons (Fsp3) is 0.200. The Bertz CT molecular complexity index is 978. The molecule has 1 aliphatic rings. The van der Waals surface area contributed by atoms with Gasteiger partial charge in [-0.1, -0.05) is 35.5 Å². The molecule has 3 aromatic rings. The fourth-order valence-corrected chi connectivity index (χ4v) is 2.95. The number of hydrogen-bond donors (Lipinski definition) is 1. The van der Waals surface area contributed by atoms with Gasteiger partial charge >= 0.3 is 6.36 Å². The maximum Gasteiger partial charge on any atom is 0.573 e. The first-order valence-corrected chi connectivity index (χ1v) is 8.56. The summed E-state index contributed by atoms with van der Waals surface area (Å²) in [6.07, 6.45) is -3.52. The quantitative estimate of drug-likeness (QED) is 0.675. The molecule has 0 radical (unpaired) electrons. The van der Waals surface area contributed by atoms with Crippen molar-refractivity contribution < 1.29 is 27.2 Å². The van der Waals surface area contributed by atoms with Crippen LogP contribution in [-0.2, 0) is 10.2 Å². The highest BCUT2D eigenvalue weighted by atomic mass is 19.4. The molecule has 0 unspecified atom stereocenters. The predicted molar refractivity (Wildman–Crippen MR) is 94.6 cm³/mol. The summed E-state index contributed by atoms with van der Waals surface area (Å²) >= 11 is 0. The van der Waals surface area contributed by atoms with Gasteiger partial charge in [-0.2, -0.15) is 0 Å². The summed E-state index contributed by atoms with van der Waals surface area (Å²) in [6.45, 7) is 0. The molecule has 5 nitrogen and oxygen atoms in total.